The summed E-state index contributed by atoms with van der Waals surface area (Å²) in [5.41, 5.74) is 6.37. The van der Waals surface area contributed by atoms with E-state index >= 15 is 0 Å². The molecular formula is C17H29FN4. The molecule has 0 fully saturated rings. The van der Waals surface area contributed by atoms with Crippen molar-refractivity contribution < 1.29 is 4.39 Å². The molecule has 1 aromatic rings. The molecule has 4 N–H and O–H groups in total. The predicted molar refractivity (Wildman–Crippen MR) is 92.6 cm³/mol. The van der Waals surface area contributed by atoms with Crippen LogP contribution in [0.1, 0.15) is 34.1 Å². The van der Waals surface area contributed by atoms with E-state index < -0.39 is 0 Å². The molecule has 4 nitrogen and oxygen atoms in total. The normalized spacial score (nSPS) is 12.6. The Hall–Kier alpha value is -1.62. The van der Waals surface area contributed by atoms with Crippen LogP contribution in [-0.2, 0) is 0 Å². The fraction of sp³-hybridized carbons (Fsp3) is 0.588. The number of guanidine groups is 1. The summed E-state index contributed by atoms with van der Waals surface area (Å²) < 4.78 is 13.3. The lowest BCUT2D eigenvalue weighted by Crippen LogP contribution is -2.34. The highest BCUT2D eigenvalue weighted by molar-refractivity contribution is 5.93. The number of rotatable bonds is 7. The number of nitrogens with two attached hydrogens (primary N) is 1. The fourth-order valence-corrected chi connectivity index (χ4v) is 1.68. The lowest BCUT2D eigenvalue weighted by Gasteiger charge is -2.21. The monoisotopic (exact) mass is 308 g/mol. The highest BCUT2D eigenvalue weighted by atomic mass is 19.1. The Kier molecular flexibility index (Phi) is 7.32. The molecule has 124 valence electrons. The van der Waals surface area contributed by atoms with Gasteiger partial charge in [-0.05, 0) is 42.5 Å². The molecule has 0 amide bonds. The lowest BCUT2D eigenvalue weighted by molar-refractivity contribution is 0.393. The van der Waals surface area contributed by atoms with E-state index in [9.17, 15) is 4.39 Å². The average molecular weight is 308 g/mol. The first kappa shape index (κ1) is 18.4. The maximum absolute atomic E-state index is 13.3. The Balaban J connectivity index is 2.74. The second kappa shape index (κ2) is 8.73. The molecule has 0 aromatic heterocycles. The minimum absolute atomic E-state index is 0.0609. The highest BCUT2D eigenvalue weighted by Crippen LogP contribution is 2.13. The number of aliphatic imine (C=N–C) groups is 1. The van der Waals surface area contributed by atoms with E-state index in [0.717, 1.165) is 13.0 Å². The van der Waals surface area contributed by atoms with Gasteiger partial charge in [0.25, 0.3) is 0 Å². The van der Waals surface area contributed by atoms with Crippen LogP contribution < -0.4 is 16.4 Å². The minimum Gasteiger partial charge on any atom is -0.356 e. The van der Waals surface area contributed by atoms with Crippen LogP contribution >= 0.6 is 0 Å². The van der Waals surface area contributed by atoms with Gasteiger partial charge in [0.1, 0.15) is 5.82 Å². The zero-order valence-corrected chi connectivity index (χ0v) is 14.1. The molecule has 22 heavy (non-hydrogen) atoms. The van der Waals surface area contributed by atoms with Crippen molar-refractivity contribution in [3.8, 4) is 0 Å². The van der Waals surface area contributed by atoms with Gasteiger partial charge < -0.3 is 16.4 Å². The SMILES string of the molecule is CC(C)CCNC(=NCC(C)(C)CN)Nc1cccc(F)c1. The number of benzene rings is 1. The van der Waals surface area contributed by atoms with E-state index in [1.54, 1.807) is 6.07 Å². The number of anilines is 1. The molecule has 5 heteroatoms. The first-order chi connectivity index (χ1) is 10.3. The van der Waals surface area contributed by atoms with Gasteiger partial charge in [0.05, 0.1) is 0 Å². The molecule has 0 saturated carbocycles. The van der Waals surface area contributed by atoms with Gasteiger partial charge in [-0.3, -0.25) is 4.99 Å². The Morgan fingerprint density at radius 2 is 2.09 bits per heavy atom. The molecule has 0 bridgehead atoms. The van der Waals surface area contributed by atoms with Gasteiger partial charge in [-0.25, -0.2) is 4.39 Å². The molecule has 0 aliphatic rings. The van der Waals surface area contributed by atoms with Crippen molar-refractivity contribution in [1.82, 2.24) is 5.32 Å². The van der Waals surface area contributed by atoms with E-state index in [2.05, 4.69) is 43.3 Å². The smallest absolute Gasteiger partial charge is 0.195 e. The van der Waals surface area contributed by atoms with E-state index in [0.29, 0.717) is 30.7 Å². The molecule has 0 unspecified atom stereocenters. The van der Waals surface area contributed by atoms with Crippen molar-refractivity contribution >= 4 is 11.6 Å². The second-order valence-corrected chi connectivity index (χ2v) is 6.78. The van der Waals surface area contributed by atoms with Gasteiger partial charge in [-0.2, -0.15) is 0 Å². The third-order valence-electron chi connectivity index (χ3n) is 3.32. The summed E-state index contributed by atoms with van der Waals surface area (Å²) in [7, 11) is 0. The van der Waals surface area contributed by atoms with Gasteiger partial charge in [-0.1, -0.05) is 33.8 Å². The second-order valence-electron chi connectivity index (χ2n) is 6.78. The summed E-state index contributed by atoms with van der Waals surface area (Å²) in [6, 6.07) is 6.36. The van der Waals surface area contributed by atoms with Crippen molar-refractivity contribution in [3.63, 3.8) is 0 Å². The molecule has 1 rings (SSSR count). The number of halogens is 1. The number of nitrogens with one attached hydrogen (secondary N) is 2. The van der Waals surface area contributed by atoms with Crippen LogP contribution in [-0.4, -0.2) is 25.6 Å². The Labute approximate surface area is 133 Å². The van der Waals surface area contributed by atoms with Crippen LogP contribution in [0.4, 0.5) is 10.1 Å². The molecule has 0 spiro atoms. The zero-order chi connectivity index (χ0) is 16.6. The summed E-state index contributed by atoms with van der Waals surface area (Å²) >= 11 is 0. The lowest BCUT2D eigenvalue weighted by atomic mass is 9.94. The number of hydrogen-bond donors (Lipinski definition) is 3. The van der Waals surface area contributed by atoms with Crippen LogP contribution in [0.15, 0.2) is 29.3 Å². The Morgan fingerprint density at radius 3 is 2.68 bits per heavy atom. The van der Waals surface area contributed by atoms with Gasteiger partial charge >= 0.3 is 0 Å². The van der Waals surface area contributed by atoms with E-state index in [4.69, 9.17) is 5.73 Å². The van der Waals surface area contributed by atoms with Gasteiger partial charge in [0, 0.05) is 18.8 Å². The summed E-state index contributed by atoms with van der Waals surface area (Å²) in [6.45, 7) is 10.5. The van der Waals surface area contributed by atoms with Gasteiger partial charge in [0.2, 0.25) is 0 Å². The third-order valence-corrected chi connectivity index (χ3v) is 3.32. The Morgan fingerprint density at radius 1 is 1.36 bits per heavy atom. The molecule has 0 radical (unpaired) electrons. The maximum atomic E-state index is 13.3. The number of hydrogen-bond acceptors (Lipinski definition) is 2. The summed E-state index contributed by atoms with van der Waals surface area (Å²) in [5, 5.41) is 6.44. The van der Waals surface area contributed by atoms with Crippen LogP contribution in [0.3, 0.4) is 0 Å². The molecule has 1 aromatic carbocycles. The van der Waals surface area contributed by atoms with E-state index in [1.807, 2.05) is 6.07 Å². The van der Waals surface area contributed by atoms with Crippen molar-refractivity contribution in [2.75, 3.05) is 25.0 Å². The highest BCUT2D eigenvalue weighted by Gasteiger charge is 2.15. The van der Waals surface area contributed by atoms with Crippen LogP contribution in [0.25, 0.3) is 0 Å². The van der Waals surface area contributed by atoms with E-state index in [1.165, 1.54) is 12.1 Å². The molecule has 0 aliphatic carbocycles. The average Bonchev–Trinajstić information content (AvgIpc) is 2.44. The summed E-state index contributed by atoms with van der Waals surface area (Å²) in [6.07, 6.45) is 1.05. The van der Waals surface area contributed by atoms with Crippen LogP contribution in [0.2, 0.25) is 0 Å². The standard InChI is InChI=1S/C17H29FN4/c1-13(2)8-9-20-16(21-12-17(3,4)11-19)22-15-7-5-6-14(18)10-15/h5-7,10,13H,8-9,11-12,19H2,1-4H3,(H2,20,21,22). The molecule has 0 aliphatic heterocycles. The van der Waals surface area contributed by atoms with Gasteiger partial charge in [0.15, 0.2) is 5.96 Å². The van der Waals surface area contributed by atoms with Crippen molar-refractivity contribution in [2.45, 2.75) is 34.1 Å². The number of nitrogens with zero attached hydrogens (tertiary/aromatic N) is 1. The van der Waals surface area contributed by atoms with Gasteiger partial charge in [-0.15, -0.1) is 0 Å². The summed E-state index contributed by atoms with van der Waals surface area (Å²) in [4.78, 5) is 4.58. The summed E-state index contributed by atoms with van der Waals surface area (Å²) in [5.74, 6) is 1.00. The third kappa shape index (κ3) is 7.41. The van der Waals surface area contributed by atoms with Crippen LogP contribution in [0.5, 0.6) is 0 Å². The maximum Gasteiger partial charge on any atom is 0.195 e. The van der Waals surface area contributed by atoms with E-state index in [-0.39, 0.29) is 11.2 Å². The zero-order valence-electron chi connectivity index (χ0n) is 14.1. The topological polar surface area (TPSA) is 62.4 Å². The first-order valence-electron chi connectivity index (χ1n) is 7.83. The Bertz CT molecular complexity index is 483. The molecule has 0 saturated heterocycles. The largest absolute Gasteiger partial charge is 0.356 e. The molecular weight excluding hydrogens is 279 g/mol. The molecule has 0 atom stereocenters. The van der Waals surface area contributed by atoms with Crippen molar-refractivity contribution in [3.05, 3.63) is 30.1 Å². The predicted octanol–water partition coefficient (Wildman–Crippen LogP) is 3.21. The molecule has 0 heterocycles. The fourth-order valence-electron chi connectivity index (χ4n) is 1.68. The van der Waals surface area contributed by atoms with Crippen LogP contribution in [0, 0.1) is 17.2 Å². The first-order valence-corrected chi connectivity index (χ1v) is 7.83. The minimum atomic E-state index is -0.270. The quantitative estimate of drug-likeness (QED) is 0.535. The van der Waals surface area contributed by atoms with Crippen molar-refractivity contribution in [2.24, 2.45) is 22.1 Å². The van der Waals surface area contributed by atoms with Crippen molar-refractivity contribution in [1.29, 1.82) is 0 Å².